The number of hydrogen-bond acceptors (Lipinski definition) is 4. The quantitative estimate of drug-likeness (QED) is 0.158. The van der Waals surface area contributed by atoms with Crippen molar-refractivity contribution in [1.29, 1.82) is 0 Å². The van der Waals surface area contributed by atoms with Crippen molar-refractivity contribution in [2.75, 3.05) is 19.8 Å². The van der Waals surface area contributed by atoms with E-state index in [-0.39, 0.29) is 5.97 Å². The molecule has 2 fully saturated rings. The zero-order chi connectivity index (χ0) is 20.4. The molecule has 164 valence electrons. The maximum atomic E-state index is 11.8. The van der Waals surface area contributed by atoms with Gasteiger partial charge in [-0.25, -0.2) is 9.78 Å². The third kappa shape index (κ3) is 6.45. The van der Waals surface area contributed by atoms with Gasteiger partial charge in [-0.3, -0.25) is 4.79 Å². The molecule has 0 saturated heterocycles. The Labute approximate surface area is 173 Å². The predicted octanol–water partition coefficient (Wildman–Crippen LogP) is 6.33. The largest absolute Gasteiger partial charge is 0.466 e. The Morgan fingerprint density at radius 2 is 1.82 bits per heavy atom. The number of hydrogen-bond donors (Lipinski definition) is 0. The van der Waals surface area contributed by atoms with Crippen LogP contribution in [0.2, 0.25) is 0 Å². The lowest BCUT2D eigenvalue weighted by Gasteiger charge is -2.46. The number of carbonyl (C=O) groups is 1. The maximum absolute atomic E-state index is 11.8. The molecule has 0 spiro atoms. The number of fused-ring (bicyclic) bond motifs is 1. The van der Waals surface area contributed by atoms with Crippen LogP contribution in [0.15, 0.2) is 0 Å². The zero-order valence-electron chi connectivity index (χ0n) is 18.8. The fourth-order valence-corrected chi connectivity index (χ4v) is 6.38. The molecule has 4 heteroatoms. The molecule has 0 bridgehead atoms. The smallest absolute Gasteiger partial charge is 0.305 e. The summed E-state index contributed by atoms with van der Waals surface area (Å²) < 4.78 is 5.14. The summed E-state index contributed by atoms with van der Waals surface area (Å²) in [6, 6.07) is 0. The number of ether oxygens (including phenoxy) is 1. The van der Waals surface area contributed by atoms with Crippen molar-refractivity contribution >= 4 is 5.97 Å². The van der Waals surface area contributed by atoms with Gasteiger partial charge in [0.1, 0.15) is 0 Å². The van der Waals surface area contributed by atoms with Crippen molar-refractivity contribution in [2.45, 2.75) is 98.3 Å². The predicted molar refractivity (Wildman–Crippen MR) is 113 cm³/mol. The van der Waals surface area contributed by atoms with Crippen LogP contribution in [0.1, 0.15) is 98.3 Å². The Bertz CT molecular complexity index is 452. The monoisotopic (exact) mass is 396 g/mol. The lowest BCUT2D eigenvalue weighted by atomic mass is 9.59. The van der Waals surface area contributed by atoms with Crippen LogP contribution in [0, 0.1) is 29.1 Å². The summed E-state index contributed by atoms with van der Waals surface area (Å²) in [5.74, 6) is 3.29. The minimum Gasteiger partial charge on any atom is -0.466 e. The molecule has 0 N–H and O–H groups in total. The van der Waals surface area contributed by atoms with Gasteiger partial charge < -0.3 is 4.74 Å². The fraction of sp³-hybridized carbons (Fsp3) is 0.958. The van der Waals surface area contributed by atoms with E-state index in [0.29, 0.717) is 31.7 Å². The van der Waals surface area contributed by atoms with Gasteiger partial charge in [0.05, 0.1) is 19.8 Å². The molecule has 2 unspecified atom stereocenters. The van der Waals surface area contributed by atoms with Gasteiger partial charge in [0.15, 0.2) is 0 Å². The van der Waals surface area contributed by atoms with Gasteiger partial charge in [-0.15, -0.1) is 0 Å². The molecule has 0 aromatic carbocycles. The summed E-state index contributed by atoms with van der Waals surface area (Å²) in [4.78, 5) is 22.0. The lowest BCUT2D eigenvalue weighted by Crippen LogP contribution is -2.38. The Kier molecular flexibility index (Phi) is 10.3. The normalized spacial score (nSPS) is 30.8. The van der Waals surface area contributed by atoms with Gasteiger partial charge >= 0.3 is 5.97 Å². The van der Waals surface area contributed by atoms with E-state index in [4.69, 9.17) is 14.5 Å². The second-order valence-electron chi connectivity index (χ2n) is 9.35. The third-order valence-corrected chi connectivity index (χ3v) is 7.63. The summed E-state index contributed by atoms with van der Waals surface area (Å²) in [6.07, 6.45) is 13.2. The first-order chi connectivity index (χ1) is 13.5. The Morgan fingerprint density at radius 3 is 2.57 bits per heavy atom. The summed E-state index contributed by atoms with van der Waals surface area (Å²) >= 11 is 0. The molecule has 4 nitrogen and oxygen atoms in total. The molecule has 2 aliphatic carbocycles. The van der Waals surface area contributed by atoms with Gasteiger partial charge in [-0.1, -0.05) is 39.5 Å². The van der Waals surface area contributed by atoms with Crippen LogP contribution in [0.5, 0.6) is 0 Å². The standard InChI is InChI=1S/C24H44O4/c1-5-26-23(25)14-9-13-20(12-7-8-18-28-27-6-2)22-16-15-21-19(3)11-10-17-24(21,22)4/h19-22H,5-18H2,1-4H3/t19-,20?,21?,22+,24-/m0/s1. The van der Waals surface area contributed by atoms with Gasteiger partial charge in [0, 0.05) is 6.42 Å². The van der Waals surface area contributed by atoms with Crippen LogP contribution in [-0.4, -0.2) is 25.8 Å². The minimum atomic E-state index is -0.0341. The number of rotatable bonds is 13. The summed E-state index contributed by atoms with van der Waals surface area (Å²) in [5, 5.41) is 0. The highest BCUT2D eigenvalue weighted by atomic mass is 17.2. The minimum absolute atomic E-state index is 0.0341. The molecular weight excluding hydrogens is 352 g/mol. The van der Waals surface area contributed by atoms with E-state index in [1.807, 2.05) is 13.8 Å². The topological polar surface area (TPSA) is 44.8 Å². The molecule has 2 aliphatic rings. The SMILES string of the molecule is CCOOCCCCC(CCCC(=O)OCC)[C@H]1CCC2[C@@H](C)CCC[C@@]21C. The summed E-state index contributed by atoms with van der Waals surface area (Å²) in [7, 11) is 0. The van der Waals surface area contributed by atoms with Crippen LogP contribution in [0.4, 0.5) is 0 Å². The van der Waals surface area contributed by atoms with E-state index >= 15 is 0 Å². The van der Waals surface area contributed by atoms with Crippen LogP contribution in [0.25, 0.3) is 0 Å². The number of unbranched alkanes of at least 4 members (excludes halogenated alkanes) is 1. The first kappa shape index (κ1) is 23.7. The van der Waals surface area contributed by atoms with Crippen molar-refractivity contribution in [2.24, 2.45) is 29.1 Å². The highest BCUT2D eigenvalue weighted by molar-refractivity contribution is 5.69. The van der Waals surface area contributed by atoms with Gasteiger partial charge in [-0.05, 0) is 81.5 Å². The average molecular weight is 397 g/mol. The van der Waals surface area contributed by atoms with E-state index in [2.05, 4.69) is 13.8 Å². The molecule has 0 heterocycles. The van der Waals surface area contributed by atoms with E-state index < -0.39 is 0 Å². The molecule has 0 aliphatic heterocycles. The van der Waals surface area contributed by atoms with E-state index in [1.54, 1.807) is 0 Å². The first-order valence-corrected chi connectivity index (χ1v) is 11.9. The van der Waals surface area contributed by atoms with Gasteiger partial charge in [-0.2, -0.15) is 0 Å². The molecule has 0 radical (unpaired) electrons. The average Bonchev–Trinajstić information content (AvgIpc) is 3.01. The molecular formula is C24H44O4. The molecule has 5 atom stereocenters. The Morgan fingerprint density at radius 1 is 1.04 bits per heavy atom. The zero-order valence-corrected chi connectivity index (χ0v) is 18.8. The second-order valence-corrected chi connectivity index (χ2v) is 9.35. The van der Waals surface area contributed by atoms with Crippen LogP contribution in [0.3, 0.4) is 0 Å². The molecule has 28 heavy (non-hydrogen) atoms. The Balaban J connectivity index is 1.91. The van der Waals surface area contributed by atoms with Crippen LogP contribution in [-0.2, 0) is 19.3 Å². The van der Waals surface area contributed by atoms with Crippen molar-refractivity contribution in [3.63, 3.8) is 0 Å². The van der Waals surface area contributed by atoms with Crippen molar-refractivity contribution in [3.8, 4) is 0 Å². The molecule has 0 amide bonds. The van der Waals surface area contributed by atoms with Crippen LogP contribution >= 0.6 is 0 Å². The first-order valence-electron chi connectivity index (χ1n) is 11.9. The molecule has 0 aromatic rings. The molecule has 2 rings (SSSR count). The Hall–Kier alpha value is -0.610. The third-order valence-electron chi connectivity index (χ3n) is 7.63. The summed E-state index contributed by atoms with van der Waals surface area (Å²) in [5.41, 5.74) is 0.508. The highest BCUT2D eigenvalue weighted by Gasteiger charge is 2.51. The van der Waals surface area contributed by atoms with E-state index in [9.17, 15) is 4.79 Å². The highest BCUT2D eigenvalue weighted by Crippen LogP contribution is 2.60. The fourth-order valence-electron chi connectivity index (χ4n) is 6.38. The number of carbonyl (C=O) groups excluding carboxylic acids is 1. The summed E-state index contributed by atoms with van der Waals surface area (Å²) in [6.45, 7) is 10.7. The number of esters is 1. The molecule has 0 aromatic heterocycles. The molecule has 2 saturated carbocycles. The maximum Gasteiger partial charge on any atom is 0.305 e. The van der Waals surface area contributed by atoms with Gasteiger partial charge in [0.25, 0.3) is 0 Å². The lowest BCUT2D eigenvalue weighted by molar-refractivity contribution is -0.291. The van der Waals surface area contributed by atoms with Crippen molar-refractivity contribution in [1.82, 2.24) is 0 Å². The van der Waals surface area contributed by atoms with Gasteiger partial charge in [0.2, 0.25) is 0 Å². The van der Waals surface area contributed by atoms with Crippen LogP contribution < -0.4 is 0 Å². The van der Waals surface area contributed by atoms with E-state index in [0.717, 1.165) is 42.9 Å². The van der Waals surface area contributed by atoms with Crippen molar-refractivity contribution in [3.05, 3.63) is 0 Å². The van der Waals surface area contributed by atoms with Crippen molar-refractivity contribution < 1.29 is 19.3 Å². The second kappa shape index (κ2) is 12.2. The van der Waals surface area contributed by atoms with E-state index in [1.165, 1.54) is 44.9 Å².